The van der Waals surface area contributed by atoms with E-state index in [0.29, 0.717) is 25.8 Å². The van der Waals surface area contributed by atoms with E-state index < -0.39 is 15.6 Å². The topological polar surface area (TPSA) is 84.3 Å². The summed E-state index contributed by atoms with van der Waals surface area (Å²) in [6.07, 6.45) is 6.47. The smallest absolute Gasteiger partial charge is 0.262 e. The van der Waals surface area contributed by atoms with Gasteiger partial charge in [-0.05, 0) is 25.7 Å². The molecule has 22 heavy (non-hydrogen) atoms. The standard InChI is InChI=1S/C14H22N4O3S/c1-3-11-14(7-5-12(19)16-14)6-4-8-18(11)22(20,21)13-9-17(2)10-15-13/h9-11H,3-8H2,1-2H3,(H,16,19)/t11-,14-/m1/s1. The van der Waals surface area contributed by atoms with E-state index in [4.69, 9.17) is 0 Å². The average Bonchev–Trinajstić information content (AvgIpc) is 3.06. The number of sulfonamides is 1. The molecular formula is C14H22N4O3S. The Morgan fingerprint density at radius 3 is 2.77 bits per heavy atom. The van der Waals surface area contributed by atoms with Crippen LogP contribution in [-0.2, 0) is 21.9 Å². The second kappa shape index (κ2) is 5.34. The van der Waals surface area contributed by atoms with Crippen LogP contribution in [0.25, 0.3) is 0 Å². The Kier molecular flexibility index (Phi) is 3.76. The van der Waals surface area contributed by atoms with Gasteiger partial charge in [0.05, 0.1) is 11.9 Å². The number of nitrogens with one attached hydrogen (secondary N) is 1. The number of carbonyl (C=O) groups excluding carboxylic acids is 1. The van der Waals surface area contributed by atoms with Crippen LogP contribution in [0.2, 0.25) is 0 Å². The SMILES string of the molecule is CC[C@H]1N(S(=O)(=O)c2cn(C)cn2)CCC[C@@]12CCC(=O)N2. The van der Waals surface area contributed by atoms with Crippen molar-refractivity contribution in [2.45, 2.75) is 55.6 Å². The summed E-state index contributed by atoms with van der Waals surface area (Å²) >= 11 is 0. The van der Waals surface area contributed by atoms with Crippen LogP contribution in [0.15, 0.2) is 17.6 Å². The van der Waals surface area contributed by atoms with Gasteiger partial charge in [-0.3, -0.25) is 4.79 Å². The molecule has 3 heterocycles. The minimum atomic E-state index is -3.63. The second-order valence-corrected chi connectivity index (χ2v) is 8.06. The molecule has 0 radical (unpaired) electrons. The first-order valence-electron chi connectivity index (χ1n) is 7.70. The van der Waals surface area contributed by atoms with Crippen LogP contribution < -0.4 is 5.32 Å². The first kappa shape index (κ1) is 15.5. The summed E-state index contributed by atoms with van der Waals surface area (Å²) in [5.74, 6) is 0.0236. The maximum atomic E-state index is 12.9. The highest BCUT2D eigenvalue weighted by Gasteiger charge is 2.51. The molecule has 1 aromatic rings. The zero-order valence-corrected chi connectivity index (χ0v) is 13.8. The molecule has 1 spiro atoms. The normalized spacial score (nSPS) is 29.9. The van der Waals surface area contributed by atoms with E-state index in [9.17, 15) is 13.2 Å². The predicted octanol–water partition coefficient (Wildman–Crippen LogP) is 0.632. The van der Waals surface area contributed by atoms with Crippen molar-refractivity contribution >= 4 is 15.9 Å². The molecule has 0 aliphatic carbocycles. The van der Waals surface area contributed by atoms with Gasteiger partial charge in [0.2, 0.25) is 5.91 Å². The van der Waals surface area contributed by atoms with E-state index in [1.165, 1.54) is 12.5 Å². The number of aromatic nitrogens is 2. The number of carbonyl (C=O) groups is 1. The van der Waals surface area contributed by atoms with Gasteiger partial charge in [-0.15, -0.1) is 0 Å². The molecule has 1 aromatic heterocycles. The highest BCUT2D eigenvalue weighted by atomic mass is 32.2. The number of nitrogens with zero attached hydrogens (tertiary/aromatic N) is 3. The Hall–Kier alpha value is -1.41. The van der Waals surface area contributed by atoms with Gasteiger partial charge in [-0.25, -0.2) is 13.4 Å². The van der Waals surface area contributed by atoms with Gasteiger partial charge in [-0.1, -0.05) is 6.92 Å². The summed E-state index contributed by atoms with van der Waals surface area (Å²) in [5, 5.41) is 3.14. The summed E-state index contributed by atoms with van der Waals surface area (Å²) in [6, 6.07) is -0.209. The monoisotopic (exact) mass is 326 g/mol. The third-order valence-corrected chi connectivity index (χ3v) is 6.61. The highest BCUT2D eigenvalue weighted by molar-refractivity contribution is 7.89. The van der Waals surface area contributed by atoms with Crippen molar-refractivity contribution in [3.8, 4) is 0 Å². The van der Waals surface area contributed by atoms with Gasteiger partial charge in [0.15, 0.2) is 5.03 Å². The first-order chi connectivity index (χ1) is 10.4. The lowest BCUT2D eigenvalue weighted by Crippen LogP contribution is -2.62. The van der Waals surface area contributed by atoms with Crippen molar-refractivity contribution in [3.05, 3.63) is 12.5 Å². The van der Waals surface area contributed by atoms with E-state index in [0.717, 1.165) is 12.8 Å². The van der Waals surface area contributed by atoms with Gasteiger partial charge in [-0.2, -0.15) is 4.31 Å². The van der Waals surface area contributed by atoms with Crippen LogP contribution in [0.5, 0.6) is 0 Å². The van der Waals surface area contributed by atoms with E-state index in [1.807, 2.05) is 6.92 Å². The Morgan fingerprint density at radius 1 is 1.45 bits per heavy atom. The number of aryl methyl sites for hydroxylation is 1. The molecule has 7 nitrogen and oxygen atoms in total. The van der Waals surface area contributed by atoms with Gasteiger partial charge < -0.3 is 9.88 Å². The fourth-order valence-electron chi connectivity index (χ4n) is 3.85. The molecule has 1 N–H and O–H groups in total. The number of piperidine rings is 1. The van der Waals surface area contributed by atoms with Crippen LogP contribution in [-0.4, -0.2) is 46.3 Å². The predicted molar refractivity (Wildman–Crippen MR) is 80.5 cm³/mol. The van der Waals surface area contributed by atoms with Crippen LogP contribution in [0.4, 0.5) is 0 Å². The fraction of sp³-hybridized carbons (Fsp3) is 0.714. The minimum Gasteiger partial charge on any atom is -0.349 e. The zero-order valence-electron chi connectivity index (χ0n) is 12.9. The molecule has 0 saturated carbocycles. The number of imidazole rings is 1. The van der Waals surface area contributed by atoms with Crippen molar-refractivity contribution in [1.29, 1.82) is 0 Å². The van der Waals surface area contributed by atoms with Crippen molar-refractivity contribution in [3.63, 3.8) is 0 Å². The van der Waals surface area contributed by atoms with Crippen molar-refractivity contribution in [2.24, 2.45) is 7.05 Å². The molecular weight excluding hydrogens is 304 g/mol. The molecule has 1 amide bonds. The molecule has 0 aromatic carbocycles. The molecule has 0 bridgehead atoms. The summed E-state index contributed by atoms with van der Waals surface area (Å²) in [4.78, 5) is 15.7. The summed E-state index contributed by atoms with van der Waals surface area (Å²) in [6.45, 7) is 2.46. The maximum absolute atomic E-state index is 12.9. The molecule has 2 fully saturated rings. The van der Waals surface area contributed by atoms with E-state index in [2.05, 4.69) is 10.3 Å². The van der Waals surface area contributed by atoms with Crippen LogP contribution in [0.1, 0.15) is 39.0 Å². The van der Waals surface area contributed by atoms with Gasteiger partial charge in [0.25, 0.3) is 10.0 Å². The molecule has 8 heteroatoms. The largest absolute Gasteiger partial charge is 0.349 e. The fourth-order valence-corrected chi connectivity index (χ4v) is 5.62. The lowest BCUT2D eigenvalue weighted by Gasteiger charge is -2.46. The molecule has 2 aliphatic heterocycles. The minimum absolute atomic E-state index is 0.0236. The third-order valence-electron chi connectivity index (χ3n) is 4.81. The summed E-state index contributed by atoms with van der Waals surface area (Å²) < 4.78 is 29.0. The third kappa shape index (κ3) is 2.34. The quantitative estimate of drug-likeness (QED) is 0.883. The van der Waals surface area contributed by atoms with Crippen molar-refractivity contribution in [1.82, 2.24) is 19.2 Å². The number of hydrogen-bond acceptors (Lipinski definition) is 4. The number of amides is 1. The maximum Gasteiger partial charge on any atom is 0.262 e. The average molecular weight is 326 g/mol. The van der Waals surface area contributed by atoms with Gasteiger partial charge >= 0.3 is 0 Å². The van der Waals surface area contributed by atoms with Gasteiger partial charge in [0.1, 0.15) is 0 Å². The van der Waals surface area contributed by atoms with Crippen LogP contribution >= 0.6 is 0 Å². The molecule has 3 rings (SSSR count). The lowest BCUT2D eigenvalue weighted by molar-refractivity contribution is -0.120. The Morgan fingerprint density at radius 2 is 2.23 bits per heavy atom. The molecule has 2 aliphatic rings. The van der Waals surface area contributed by atoms with Crippen LogP contribution in [0.3, 0.4) is 0 Å². The van der Waals surface area contributed by atoms with E-state index in [1.54, 1.807) is 15.9 Å². The number of hydrogen-bond donors (Lipinski definition) is 1. The molecule has 0 unspecified atom stereocenters. The Balaban J connectivity index is 1.97. The van der Waals surface area contributed by atoms with Crippen molar-refractivity contribution < 1.29 is 13.2 Å². The van der Waals surface area contributed by atoms with Gasteiger partial charge in [0, 0.05) is 32.3 Å². The molecule has 122 valence electrons. The molecule has 2 atom stereocenters. The van der Waals surface area contributed by atoms with Crippen LogP contribution in [0, 0.1) is 0 Å². The lowest BCUT2D eigenvalue weighted by atomic mass is 9.80. The highest BCUT2D eigenvalue weighted by Crippen LogP contribution is 2.39. The second-order valence-electron chi connectivity index (χ2n) is 6.23. The Labute approximate surface area is 130 Å². The Bertz CT molecular complexity index is 684. The summed E-state index contributed by atoms with van der Waals surface area (Å²) in [5.41, 5.74) is -0.411. The first-order valence-corrected chi connectivity index (χ1v) is 9.14. The molecule has 2 saturated heterocycles. The summed E-state index contributed by atoms with van der Waals surface area (Å²) in [7, 11) is -1.89. The van der Waals surface area contributed by atoms with Crippen molar-refractivity contribution in [2.75, 3.05) is 6.54 Å². The zero-order chi connectivity index (χ0) is 16.0. The van der Waals surface area contributed by atoms with E-state index in [-0.39, 0.29) is 17.0 Å². The van der Waals surface area contributed by atoms with E-state index >= 15 is 0 Å². The number of rotatable bonds is 3.